The second kappa shape index (κ2) is 3.23. The summed E-state index contributed by atoms with van der Waals surface area (Å²) in [5, 5.41) is 0. The molecule has 0 fully saturated rings. The van der Waals surface area contributed by atoms with E-state index in [-0.39, 0.29) is 5.56 Å². The first-order valence-electron chi connectivity index (χ1n) is 5.22. The first-order chi connectivity index (χ1) is 6.61. The predicted octanol–water partition coefficient (Wildman–Crippen LogP) is 0.879. The summed E-state index contributed by atoms with van der Waals surface area (Å²) in [6.07, 6.45) is 5.27. The van der Waals surface area contributed by atoms with Gasteiger partial charge in [-0.2, -0.15) is 4.57 Å². The van der Waals surface area contributed by atoms with E-state index in [1.807, 2.05) is 24.7 Å². The highest BCUT2D eigenvalue weighted by Gasteiger charge is 2.26. The number of aryl methyl sites for hydroxylation is 2. The summed E-state index contributed by atoms with van der Waals surface area (Å²) in [5.41, 5.74) is 1.02. The van der Waals surface area contributed by atoms with Gasteiger partial charge in [0.15, 0.2) is 0 Å². The van der Waals surface area contributed by atoms with Crippen LogP contribution in [0, 0.1) is 6.92 Å². The van der Waals surface area contributed by atoms with Crippen molar-refractivity contribution in [2.24, 2.45) is 7.05 Å². The van der Waals surface area contributed by atoms with Crippen LogP contribution in [0.3, 0.4) is 0 Å². The lowest BCUT2D eigenvalue weighted by molar-refractivity contribution is -0.685. The van der Waals surface area contributed by atoms with Gasteiger partial charge in [-0.3, -0.25) is 0 Å². The maximum absolute atomic E-state index is 11.9. The van der Waals surface area contributed by atoms with Crippen molar-refractivity contribution in [1.29, 1.82) is 0 Å². The van der Waals surface area contributed by atoms with E-state index >= 15 is 0 Å². The van der Waals surface area contributed by atoms with Crippen LogP contribution in [0.15, 0.2) is 11.0 Å². The zero-order valence-electron chi connectivity index (χ0n) is 9.08. The quantitative estimate of drug-likeness (QED) is 0.562. The van der Waals surface area contributed by atoms with Crippen LogP contribution in [-0.2, 0) is 13.5 Å². The van der Waals surface area contributed by atoms with Gasteiger partial charge in [0.25, 0.3) is 5.82 Å². The van der Waals surface area contributed by atoms with Gasteiger partial charge in [-0.1, -0.05) is 0 Å². The minimum atomic E-state index is 0.185. The smallest absolute Gasteiger partial charge is 0.241 e. The summed E-state index contributed by atoms with van der Waals surface area (Å²) in [4.78, 5) is 11.9. The van der Waals surface area contributed by atoms with Crippen LogP contribution in [0.4, 0.5) is 0 Å². The van der Waals surface area contributed by atoms with Crippen molar-refractivity contribution in [3.05, 3.63) is 27.9 Å². The Morgan fingerprint density at radius 2 is 2.29 bits per heavy atom. The molecule has 0 aromatic carbocycles. The zero-order chi connectivity index (χ0) is 10.3. The molecule has 0 amide bonds. The molecule has 0 saturated carbocycles. The summed E-state index contributed by atoms with van der Waals surface area (Å²) in [7, 11) is 2.02. The van der Waals surface area contributed by atoms with Gasteiger partial charge in [0.2, 0.25) is 0 Å². The summed E-state index contributed by atoms with van der Waals surface area (Å²) in [6.45, 7) is 4.01. The van der Waals surface area contributed by atoms with E-state index in [2.05, 4.69) is 11.5 Å². The molecule has 76 valence electrons. The zero-order valence-corrected chi connectivity index (χ0v) is 9.08. The van der Waals surface area contributed by atoms with E-state index in [4.69, 9.17) is 0 Å². The summed E-state index contributed by atoms with van der Waals surface area (Å²) >= 11 is 0. The van der Waals surface area contributed by atoms with Crippen LogP contribution < -0.4 is 10.1 Å². The Morgan fingerprint density at radius 3 is 3.00 bits per heavy atom. The number of hydrogen-bond acceptors (Lipinski definition) is 1. The van der Waals surface area contributed by atoms with Crippen LogP contribution in [0.2, 0.25) is 0 Å². The SMILES string of the molecule is Cc1c[n+](C)c2n(c1=O)C(C)CCC2. The third-order valence-corrected chi connectivity index (χ3v) is 3.09. The molecule has 1 unspecified atom stereocenters. The number of aromatic nitrogens is 2. The Labute approximate surface area is 84.0 Å². The van der Waals surface area contributed by atoms with Gasteiger partial charge in [-0.05, 0) is 26.7 Å². The molecule has 0 radical (unpaired) electrons. The van der Waals surface area contributed by atoms with Crippen molar-refractivity contribution in [1.82, 2.24) is 4.57 Å². The van der Waals surface area contributed by atoms with E-state index in [9.17, 15) is 4.79 Å². The van der Waals surface area contributed by atoms with Crippen LogP contribution in [0.25, 0.3) is 0 Å². The molecule has 3 nitrogen and oxygen atoms in total. The van der Waals surface area contributed by atoms with Crippen molar-refractivity contribution >= 4 is 0 Å². The van der Waals surface area contributed by atoms with E-state index in [0.29, 0.717) is 6.04 Å². The molecule has 0 saturated heterocycles. The van der Waals surface area contributed by atoms with Crippen molar-refractivity contribution in [2.75, 3.05) is 0 Å². The minimum absolute atomic E-state index is 0.185. The normalized spacial score (nSPS) is 20.6. The van der Waals surface area contributed by atoms with Crippen LogP contribution >= 0.6 is 0 Å². The predicted molar refractivity (Wildman–Crippen MR) is 54.3 cm³/mol. The first kappa shape index (κ1) is 9.44. The molecule has 0 aliphatic carbocycles. The Balaban J connectivity index is 2.73. The summed E-state index contributed by atoms with van der Waals surface area (Å²) < 4.78 is 4.05. The van der Waals surface area contributed by atoms with Gasteiger partial charge >= 0.3 is 5.56 Å². The minimum Gasteiger partial charge on any atom is -0.241 e. The maximum atomic E-state index is 11.9. The molecule has 1 aromatic rings. The maximum Gasteiger partial charge on any atom is 0.340 e. The van der Waals surface area contributed by atoms with Crippen LogP contribution in [-0.4, -0.2) is 4.57 Å². The molecular formula is C11H17N2O+. The Kier molecular flexibility index (Phi) is 2.17. The van der Waals surface area contributed by atoms with E-state index < -0.39 is 0 Å². The Morgan fingerprint density at radius 1 is 1.57 bits per heavy atom. The molecule has 0 bridgehead atoms. The van der Waals surface area contributed by atoms with Crippen molar-refractivity contribution in [2.45, 2.75) is 39.2 Å². The van der Waals surface area contributed by atoms with E-state index in [1.165, 1.54) is 12.2 Å². The highest BCUT2D eigenvalue weighted by Crippen LogP contribution is 2.19. The highest BCUT2D eigenvalue weighted by atomic mass is 16.1. The third-order valence-electron chi connectivity index (χ3n) is 3.09. The largest absolute Gasteiger partial charge is 0.340 e. The van der Waals surface area contributed by atoms with Crippen molar-refractivity contribution in [3.8, 4) is 0 Å². The van der Waals surface area contributed by atoms with Gasteiger partial charge in [-0.25, -0.2) is 9.36 Å². The van der Waals surface area contributed by atoms with Crippen molar-refractivity contribution in [3.63, 3.8) is 0 Å². The van der Waals surface area contributed by atoms with Gasteiger partial charge in [0.1, 0.15) is 12.2 Å². The molecule has 1 atom stereocenters. The topological polar surface area (TPSA) is 25.9 Å². The lowest BCUT2D eigenvalue weighted by atomic mass is 10.0. The molecule has 1 aliphatic heterocycles. The summed E-state index contributed by atoms with van der Waals surface area (Å²) in [6, 6.07) is 0.359. The molecular weight excluding hydrogens is 176 g/mol. The second-order valence-electron chi connectivity index (χ2n) is 4.26. The van der Waals surface area contributed by atoms with Gasteiger partial charge in [0, 0.05) is 6.42 Å². The van der Waals surface area contributed by atoms with Gasteiger partial charge in [-0.15, -0.1) is 0 Å². The van der Waals surface area contributed by atoms with Gasteiger partial charge in [0.05, 0.1) is 12.6 Å². The molecule has 3 heteroatoms. The fourth-order valence-electron chi connectivity index (χ4n) is 2.33. The second-order valence-corrected chi connectivity index (χ2v) is 4.26. The lowest BCUT2D eigenvalue weighted by Gasteiger charge is -2.19. The molecule has 2 rings (SSSR count). The third kappa shape index (κ3) is 1.27. The molecule has 0 N–H and O–H groups in total. The average Bonchev–Trinajstić information content (AvgIpc) is 2.14. The fraction of sp³-hybridized carbons (Fsp3) is 0.636. The molecule has 1 aliphatic rings. The Bertz CT molecular complexity index is 420. The number of rotatable bonds is 0. The van der Waals surface area contributed by atoms with Gasteiger partial charge < -0.3 is 0 Å². The molecule has 1 aromatic heterocycles. The highest BCUT2D eigenvalue weighted by molar-refractivity contribution is 5.03. The summed E-state index contributed by atoms with van der Waals surface area (Å²) in [5.74, 6) is 1.17. The van der Waals surface area contributed by atoms with Crippen LogP contribution in [0.5, 0.6) is 0 Å². The average molecular weight is 193 g/mol. The molecule has 14 heavy (non-hydrogen) atoms. The Hall–Kier alpha value is -1.12. The monoisotopic (exact) mass is 193 g/mol. The lowest BCUT2D eigenvalue weighted by Crippen LogP contribution is -2.46. The van der Waals surface area contributed by atoms with E-state index in [0.717, 1.165) is 18.4 Å². The number of hydrogen-bond donors (Lipinski definition) is 0. The fourth-order valence-corrected chi connectivity index (χ4v) is 2.33. The molecule has 0 spiro atoms. The number of nitrogens with zero attached hydrogens (tertiary/aromatic N) is 2. The van der Waals surface area contributed by atoms with E-state index in [1.54, 1.807) is 0 Å². The molecule has 2 heterocycles. The standard InChI is InChI=1S/C11H17N2O/c1-8-7-12(3)10-6-4-5-9(2)13(10)11(8)14/h7,9H,4-6H2,1-3H3/q+1. The van der Waals surface area contributed by atoms with Crippen molar-refractivity contribution < 1.29 is 4.57 Å². The van der Waals surface area contributed by atoms with Crippen LogP contribution in [0.1, 0.15) is 37.2 Å². The number of fused-ring (bicyclic) bond motifs is 1. The first-order valence-corrected chi connectivity index (χ1v) is 5.22.